The molecule has 2 aromatic rings. The van der Waals surface area contributed by atoms with Crippen LogP contribution in [0.1, 0.15) is 30.7 Å². The maximum Gasteiger partial charge on any atom is 0.191 e. The lowest BCUT2D eigenvalue weighted by Gasteiger charge is -2.22. The molecule has 1 heterocycles. The molecule has 0 saturated heterocycles. The van der Waals surface area contributed by atoms with Crippen molar-refractivity contribution in [3.05, 3.63) is 53.5 Å². The Morgan fingerprint density at radius 1 is 1.29 bits per heavy atom. The van der Waals surface area contributed by atoms with Crippen molar-refractivity contribution in [2.45, 2.75) is 37.8 Å². The summed E-state index contributed by atoms with van der Waals surface area (Å²) in [4.78, 5) is 4.83. The van der Waals surface area contributed by atoms with E-state index < -0.39 is 15.4 Å². The fourth-order valence-electron chi connectivity index (χ4n) is 2.67. The first kappa shape index (κ1) is 24.4. The molecular weight excluding hydrogens is 493 g/mol. The minimum Gasteiger partial charge on any atom is -0.466 e. The van der Waals surface area contributed by atoms with Crippen molar-refractivity contribution < 1.29 is 17.9 Å². The molecule has 0 bridgehead atoms. The summed E-state index contributed by atoms with van der Waals surface area (Å²) in [7, 11) is -3.23. The Morgan fingerprint density at radius 3 is 2.54 bits per heavy atom. The summed E-state index contributed by atoms with van der Waals surface area (Å²) >= 11 is 0. The second-order valence-electron chi connectivity index (χ2n) is 6.67. The lowest BCUT2D eigenvalue weighted by Crippen LogP contribution is -2.44. The number of furan rings is 1. The Morgan fingerprint density at radius 2 is 2.00 bits per heavy atom. The predicted molar refractivity (Wildman–Crippen MR) is 121 cm³/mol. The molecule has 2 rings (SSSR count). The van der Waals surface area contributed by atoms with Crippen LogP contribution in [0.4, 0.5) is 0 Å². The zero-order valence-electron chi connectivity index (χ0n) is 16.5. The molecular formula is C19H28IN3O4S. The van der Waals surface area contributed by atoms with Crippen molar-refractivity contribution in [3.8, 4) is 0 Å². The highest BCUT2D eigenvalue weighted by Crippen LogP contribution is 2.20. The van der Waals surface area contributed by atoms with E-state index in [-0.39, 0.29) is 30.5 Å². The molecule has 28 heavy (non-hydrogen) atoms. The van der Waals surface area contributed by atoms with E-state index in [1.807, 2.05) is 13.0 Å². The molecule has 0 spiro atoms. The number of benzene rings is 1. The Kier molecular flexibility index (Phi) is 8.96. The third kappa shape index (κ3) is 6.78. The summed E-state index contributed by atoms with van der Waals surface area (Å²) in [6.07, 6.45) is 2.72. The molecule has 9 heteroatoms. The van der Waals surface area contributed by atoms with E-state index in [1.165, 1.54) is 12.5 Å². The molecule has 0 amide bonds. The highest BCUT2D eigenvalue weighted by molar-refractivity contribution is 14.0. The average Bonchev–Trinajstić information content (AvgIpc) is 3.12. The highest BCUT2D eigenvalue weighted by atomic mass is 127. The molecule has 1 atom stereocenters. The van der Waals surface area contributed by atoms with Crippen LogP contribution in [-0.2, 0) is 22.0 Å². The quantitative estimate of drug-likeness (QED) is 0.294. The first-order valence-corrected chi connectivity index (χ1v) is 10.6. The van der Waals surface area contributed by atoms with Crippen LogP contribution in [0.2, 0.25) is 0 Å². The van der Waals surface area contributed by atoms with Gasteiger partial charge in [-0.2, -0.15) is 0 Å². The Balaban J connectivity index is 0.00000392. The van der Waals surface area contributed by atoms with Crippen molar-refractivity contribution in [1.29, 1.82) is 0 Å². The summed E-state index contributed by atoms with van der Waals surface area (Å²) in [6, 6.07) is 8.64. The molecule has 7 nitrogen and oxygen atoms in total. The van der Waals surface area contributed by atoms with Crippen LogP contribution in [0.15, 0.2) is 50.9 Å². The first-order chi connectivity index (χ1) is 12.6. The van der Waals surface area contributed by atoms with Crippen molar-refractivity contribution >= 4 is 39.8 Å². The summed E-state index contributed by atoms with van der Waals surface area (Å²) in [5.74, 6) is 1.02. The molecule has 1 aromatic heterocycles. The van der Waals surface area contributed by atoms with Gasteiger partial charge >= 0.3 is 0 Å². The van der Waals surface area contributed by atoms with Crippen molar-refractivity contribution in [3.63, 3.8) is 0 Å². The van der Waals surface area contributed by atoms with Gasteiger partial charge in [0.05, 0.1) is 24.2 Å². The predicted octanol–water partition coefficient (Wildman–Crippen LogP) is 2.57. The fourth-order valence-corrected chi connectivity index (χ4v) is 3.62. The van der Waals surface area contributed by atoms with E-state index in [1.54, 1.807) is 38.1 Å². The second kappa shape index (κ2) is 10.3. The summed E-state index contributed by atoms with van der Waals surface area (Å²) in [5.41, 5.74) is 0.423. The second-order valence-corrected chi connectivity index (χ2v) is 8.66. The van der Waals surface area contributed by atoms with Crippen LogP contribution < -0.4 is 10.6 Å². The molecule has 0 saturated carbocycles. The number of sulfone groups is 1. The standard InChI is InChI=1S/C19H27N3O4S.HI/c1-5-20-18(22-13-19(3,23)17-7-6-10-26-17)21-12-15-8-9-16(14(2)11-15)27(4,24)25;/h6-11,23H,5,12-13H2,1-4H3,(H2,20,21,22);1H. The first-order valence-electron chi connectivity index (χ1n) is 8.71. The number of aliphatic hydroxyl groups is 1. The molecule has 1 aromatic carbocycles. The van der Waals surface area contributed by atoms with Crippen LogP contribution in [0.25, 0.3) is 0 Å². The van der Waals surface area contributed by atoms with E-state index in [4.69, 9.17) is 4.42 Å². The maximum absolute atomic E-state index is 11.7. The fraction of sp³-hybridized carbons (Fsp3) is 0.421. The van der Waals surface area contributed by atoms with Gasteiger partial charge < -0.3 is 20.2 Å². The number of nitrogens with zero attached hydrogens (tertiary/aromatic N) is 1. The van der Waals surface area contributed by atoms with Crippen molar-refractivity contribution in [2.24, 2.45) is 4.99 Å². The largest absolute Gasteiger partial charge is 0.466 e. The summed E-state index contributed by atoms with van der Waals surface area (Å²) in [6.45, 7) is 6.65. The molecule has 0 aliphatic rings. The molecule has 156 valence electrons. The minimum atomic E-state index is -3.23. The van der Waals surface area contributed by atoms with Gasteiger partial charge in [0.1, 0.15) is 11.4 Å². The van der Waals surface area contributed by atoms with Crippen LogP contribution in [0, 0.1) is 6.92 Å². The normalized spacial score (nSPS) is 14.1. The smallest absolute Gasteiger partial charge is 0.191 e. The Bertz CT molecular complexity index is 894. The van der Waals surface area contributed by atoms with Gasteiger partial charge in [-0.1, -0.05) is 12.1 Å². The minimum absolute atomic E-state index is 0. The van der Waals surface area contributed by atoms with E-state index in [9.17, 15) is 13.5 Å². The number of halogens is 1. The van der Waals surface area contributed by atoms with Crippen LogP contribution in [0.5, 0.6) is 0 Å². The summed E-state index contributed by atoms with van der Waals surface area (Å²) < 4.78 is 28.7. The number of rotatable bonds is 7. The van der Waals surface area contributed by atoms with Gasteiger partial charge in [0.25, 0.3) is 0 Å². The van der Waals surface area contributed by atoms with E-state index in [2.05, 4.69) is 15.6 Å². The topological polar surface area (TPSA) is 104 Å². The molecule has 3 N–H and O–H groups in total. The Hall–Kier alpha value is -1.59. The number of hydrogen-bond donors (Lipinski definition) is 3. The number of nitrogens with one attached hydrogen (secondary N) is 2. The van der Waals surface area contributed by atoms with Gasteiger partial charge in [-0.3, -0.25) is 0 Å². The highest BCUT2D eigenvalue weighted by Gasteiger charge is 2.26. The van der Waals surface area contributed by atoms with Gasteiger partial charge in [-0.15, -0.1) is 24.0 Å². The van der Waals surface area contributed by atoms with E-state index in [0.717, 1.165) is 5.56 Å². The molecule has 0 fully saturated rings. The van der Waals surface area contributed by atoms with Gasteiger partial charge in [0.15, 0.2) is 15.8 Å². The van der Waals surface area contributed by atoms with Gasteiger partial charge in [-0.25, -0.2) is 13.4 Å². The van der Waals surface area contributed by atoms with Crippen LogP contribution >= 0.6 is 24.0 Å². The van der Waals surface area contributed by atoms with Gasteiger partial charge in [-0.05, 0) is 50.1 Å². The van der Waals surface area contributed by atoms with Crippen molar-refractivity contribution in [2.75, 3.05) is 19.3 Å². The third-order valence-electron chi connectivity index (χ3n) is 4.05. The third-order valence-corrected chi connectivity index (χ3v) is 5.31. The molecule has 0 aliphatic heterocycles. The van der Waals surface area contributed by atoms with E-state index >= 15 is 0 Å². The molecule has 0 radical (unpaired) electrons. The monoisotopic (exact) mass is 521 g/mol. The lowest BCUT2D eigenvalue weighted by atomic mass is 10.0. The zero-order chi connectivity index (χ0) is 20.1. The van der Waals surface area contributed by atoms with E-state index in [0.29, 0.717) is 35.3 Å². The van der Waals surface area contributed by atoms with Crippen LogP contribution in [0.3, 0.4) is 0 Å². The molecule has 1 unspecified atom stereocenters. The van der Waals surface area contributed by atoms with Crippen LogP contribution in [-0.4, -0.2) is 38.8 Å². The lowest BCUT2D eigenvalue weighted by molar-refractivity contribution is 0.0386. The number of aliphatic imine (C=N–C) groups is 1. The Labute approximate surface area is 183 Å². The zero-order valence-corrected chi connectivity index (χ0v) is 19.7. The SMILES string of the molecule is CCNC(=NCc1ccc(S(C)(=O)=O)c(C)c1)NCC(C)(O)c1ccco1.I. The van der Waals surface area contributed by atoms with Crippen molar-refractivity contribution in [1.82, 2.24) is 10.6 Å². The maximum atomic E-state index is 11.7. The van der Waals surface area contributed by atoms with Gasteiger partial charge in [0.2, 0.25) is 0 Å². The summed E-state index contributed by atoms with van der Waals surface area (Å²) in [5, 5.41) is 16.7. The average molecular weight is 521 g/mol. The van der Waals surface area contributed by atoms with Gasteiger partial charge in [0, 0.05) is 12.8 Å². The number of guanidine groups is 1. The molecule has 0 aliphatic carbocycles. The number of hydrogen-bond acceptors (Lipinski definition) is 5. The number of aryl methyl sites for hydroxylation is 1.